The molecule has 0 N–H and O–H groups in total. The van der Waals surface area contributed by atoms with Crippen LogP contribution in [0, 0.1) is 0 Å². The predicted octanol–water partition coefficient (Wildman–Crippen LogP) is 0.405. The molecule has 7 heteroatoms. The summed E-state index contributed by atoms with van der Waals surface area (Å²) in [7, 11) is -4.45. The summed E-state index contributed by atoms with van der Waals surface area (Å²) in [5.41, 5.74) is 0. The van der Waals surface area contributed by atoms with Crippen LogP contribution < -0.4 is 29.6 Å². The van der Waals surface area contributed by atoms with E-state index in [4.69, 9.17) is 4.74 Å². The van der Waals surface area contributed by atoms with Gasteiger partial charge < -0.3 is 9.29 Å². The molecular weight excluding hydrogens is 303 g/mol. The molecule has 0 radical (unpaired) electrons. The molecule has 1 aliphatic rings. The Bertz CT molecular complexity index is 258. The van der Waals surface area contributed by atoms with Crippen molar-refractivity contribution in [3.05, 3.63) is 0 Å². The van der Waals surface area contributed by atoms with E-state index in [0.717, 1.165) is 19.6 Å². The SMILES string of the molecule is C1CCCCCOCCCC1.CCCCOS(=O)(=O)[O-].[Na+]. The van der Waals surface area contributed by atoms with Gasteiger partial charge in [-0.2, -0.15) is 0 Å². The van der Waals surface area contributed by atoms with E-state index in [9.17, 15) is 13.0 Å². The average molecular weight is 332 g/mol. The molecular formula is C14H29NaO5S. The Morgan fingerprint density at radius 1 is 0.952 bits per heavy atom. The molecule has 0 aromatic carbocycles. The van der Waals surface area contributed by atoms with Crippen molar-refractivity contribution in [2.24, 2.45) is 0 Å². The second-order valence-electron chi connectivity index (χ2n) is 5.02. The molecule has 0 unspecified atom stereocenters. The summed E-state index contributed by atoms with van der Waals surface area (Å²) >= 11 is 0. The van der Waals surface area contributed by atoms with Gasteiger partial charge in [0.15, 0.2) is 0 Å². The first-order chi connectivity index (χ1) is 9.56. The monoisotopic (exact) mass is 332 g/mol. The van der Waals surface area contributed by atoms with E-state index in [1.54, 1.807) is 0 Å². The largest absolute Gasteiger partial charge is 1.00 e. The Hall–Kier alpha value is 0.830. The molecule has 0 aromatic heterocycles. The van der Waals surface area contributed by atoms with Crippen molar-refractivity contribution in [1.29, 1.82) is 0 Å². The Kier molecular flexibility index (Phi) is 19.7. The van der Waals surface area contributed by atoms with Crippen LogP contribution in [-0.4, -0.2) is 32.8 Å². The van der Waals surface area contributed by atoms with Crippen LogP contribution in [0.1, 0.15) is 71.1 Å². The standard InChI is InChI=1S/C10H20O.C4H10O4S.Na/c1-2-4-6-8-10-11-9-7-5-3-1;1-2-3-4-8-9(5,6)7;/h1-10H2;2-4H2,1H3,(H,5,6,7);/q;;+1/p-1. The molecule has 0 aromatic rings. The normalized spacial score (nSPS) is 17.6. The van der Waals surface area contributed by atoms with Crippen molar-refractivity contribution in [3.8, 4) is 0 Å². The van der Waals surface area contributed by atoms with Gasteiger partial charge in [0.1, 0.15) is 0 Å². The molecule has 0 amide bonds. The molecule has 0 atom stereocenters. The first kappa shape index (κ1) is 24.1. The van der Waals surface area contributed by atoms with Crippen molar-refractivity contribution >= 4 is 10.4 Å². The van der Waals surface area contributed by atoms with Gasteiger partial charge in [-0.15, -0.1) is 0 Å². The molecule has 0 bridgehead atoms. The second kappa shape index (κ2) is 17.2. The summed E-state index contributed by atoms with van der Waals surface area (Å²) in [6.07, 6.45) is 12.4. The minimum Gasteiger partial charge on any atom is -0.726 e. The van der Waals surface area contributed by atoms with Crippen LogP contribution >= 0.6 is 0 Å². The maximum Gasteiger partial charge on any atom is 1.00 e. The Labute approximate surface area is 152 Å². The van der Waals surface area contributed by atoms with Crippen LogP contribution in [-0.2, 0) is 19.3 Å². The maximum atomic E-state index is 9.73. The third-order valence-corrected chi connectivity index (χ3v) is 3.51. The van der Waals surface area contributed by atoms with Gasteiger partial charge >= 0.3 is 29.6 Å². The van der Waals surface area contributed by atoms with Crippen LogP contribution in [0.25, 0.3) is 0 Å². The summed E-state index contributed by atoms with van der Waals surface area (Å²) < 4.78 is 38.5. The van der Waals surface area contributed by atoms with Gasteiger partial charge in [0.2, 0.25) is 10.4 Å². The van der Waals surface area contributed by atoms with E-state index in [-0.39, 0.29) is 36.2 Å². The van der Waals surface area contributed by atoms with E-state index >= 15 is 0 Å². The molecule has 1 saturated heterocycles. The third kappa shape index (κ3) is 23.2. The molecule has 1 aliphatic heterocycles. The van der Waals surface area contributed by atoms with Crippen molar-refractivity contribution in [1.82, 2.24) is 0 Å². The zero-order chi connectivity index (χ0) is 15.1. The molecule has 0 saturated carbocycles. The molecule has 1 rings (SSSR count). The second-order valence-corrected chi connectivity index (χ2v) is 6.08. The Balaban J connectivity index is 0. The molecule has 0 aliphatic carbocycles. The maximum absolute atomic E-state index is 9.73. The first-order valence-electron chi connectivity index (χ1n) is 7.74. The third-order valence-electron chi connectivity index (χ3n) is 3.05. The summed E-state index contributed by atoms with van der Waals surface area (Å²) in [4.78, 5) is 0. The Morgan fingerprint density at radius 2 is 1.38 bits per heavy atom. The molecule has 0 spiro atoms. The van der Waals surface area contributed by atoms with Gasteiger partial charge in [-0.25, -0.2) is 8.42 Å². The number of rotatable bonds is 4. The first-order valence-corrected chi connectivity index (χ1v) is 9.07. The fraction of sp³-hybridized carbons (Fsp3) is 1.00. The van der Waals surface area contributed by atoms with Gasteiger partial charge in [0.25, 0.3) is 0 Å². The van der Waals surface area contributed by atoms with Crippen molar-refractivity contribution in [3.63, 3.8) is 0 Å². The minimum absolute atomic E-state index is 0. The van der Waals surface area contributed by atoms with Crippen molar-refractivity contribution < 1.29 is 51.4 Å². The quantitative estimate of drug-likeness (QED) is 0.322. The van der Waals surface area contributed by atoms with Crippen LogP contribution in [0.3, 0.4) is 0 Å². The molecule has 122 valence electrons. The summed E-state index contributed by atoms with van der Waals surface area (Å²) in [6.45, 7) is 3.88. The summed E-state index contributed by atoms with van der Waals surface area (Å²) in [5, 5.41) is 0. The van der Waals surface area contributed by atoms with Crippen LogP contribution in [0.4, 0.5) is 0 Å². The number of ether oxygens (including phenoxy) is 1. The zero-order valence-electron chi connectivity index (χ0n) is 13.6. The van der Waals surface area contributed by atoms with Crippen LogP contribution in [0.15, 0.2) is 0 Å². The molecule has 21 heavy (non-hydrogen) atoms. The van der Waals surface area contributed by atoms with E-state index in [0.29, 0.717) is 6.42 Å². The smallest absolute Gasteiger partial charge is 0.726 e. The van der Waals surface area contributed by atoms with Gasteiger partial charge in [0, 0.05) is 13.2 Å². The zero-order valence-corrected chi connectivity index (χ0v) is 16.5. The predicted molar refractivity (Wildman–Crippen MR) is 78.3 cm³/mol. The molecule has 1 fully saturated rings. The number of unbranched alkanes of at least 4 members (excludes halogenated alkanes) is 1. The van der Waals surface area contributed by atoms with Gasteiger partial charge in [-0.05, 0) is 19.3 Å². The Morgan fingerprint density at radius 3 is 1.76 bits per heavy atom. The number of hydrogen-bond acceptors (Lipinski definition) is 5. The topological polar surface area (TPSA) is 75.7 Å². The van der Waals surface area contributed by atoms with Crippen LogP contribution in [0.2, 0.25) is 0 Å². The fourth-order valence-electron chi connectivity index (χ4n) is 1.88. The van der Waals surface area contributed by atoms with Crippen molar-refractivity contribution in [2.45, 2.75) is 71.1 Å². The van der Waals surface area contributed by atoms with E-state index in [2.05, 4.69) is 4.18 Å². The molecule has 1 heterocycles. The van der Waals surface area contributed by atoms with Crippen LogP contribution in [0.5, 0.6) is 0 Å². The summed E-state index contributed by atoms with van der Waals surface area (Å²) in [5.74, 6) is 0. The van der Waals surface area contributed by atoms with Gasteiger partial charge in [-0.3, -0.25) is 4.18 Å². The fourth-order valence-corrected chi connectivity index (χ4v) is 2.20. The minimum atomic E-state index is -4.45. The summed E-state index contributed by atoms with van der Waals surface area (Å²) in [6, 6.07) is 0. The average Bonchev–Trinajstić information content (AvgIpc) is 2.44. The van der Waals surface area contributed by atoms with Gasteiger partial charge in [0.05, 0.1) is 6.61 Å². The number of hydrogen-bond donors (Lipinski definition) is 0. The van der Waals surface area contributed by atoms with Crippen molar-refractivity contribution in [2.75, 3.05) is 19.8 Å². The van der Waals surface area contributed by atoms with E-state index in [1.165, 1.54) is 51.4 Å². The van der Waals surface area contributed by atoms with E-state index < -0.39 is 10.4 Å². The van der Waals surface area contributed by atoms with E-state index in [1.807, 2.05) is 6.92 Å². The molecule has 5 nitrogen and oxygen atoms in total. The van der Waals surface area contributed by atoms with Gasteiger partial charge in [-0.1, -0.05) is 51.9 Å².